The Kier molecular flexibility index (Phi) is 6.15. The summed E-state index contributed by atoms with van der Waals surface area (Å²) >= 11 is 1.35. The molecule has 3 aromatic heterocycles. The number of aromatic nitrogens is 1. The van der Waals surface area contributed by atoms with Crippen molar-refractivity contribution in [2.24, 2.45) is 16.5 Å². The summed E-state index contributed by atoms with van der Waals surface area (Å²) < 4.78 is 5.31. The number of primary amides is 1. The summed E-state index contributed by atoms with van der Waals surface area (Å²) in [6.07, 6.45) is 5.52. The number of nitrogens with two attached hydrogens (primary N) is 2. The van der Waals surface area contributed by atoms with Crippen LogP contribution in [0, 0.1) is 0 Å². The smallest absolute Gasteiger partial charge is 0.287 e. The zero-order valence-electron chi connectivity index (χ0n) is 15.1. The van der Waals surface area contributed by atoms with Gasteiger partial charge in [0.25, 0.3) is 11.8 Å². The first-order chi connectivity index (χ1) is 14.0. The minimum absolute atomic E-state index is 0.0657. The summed E-state index contributed by atoms with van der Waals surface area (Å²) in [5, 5.41) is 5.12. The number of carbonyl (C=O) groups excluding carboxylic acids is 3. The molecule has 0 saturated carbocycles. The molecule has 3 rings (SSSR count). The van der Waals surface area contributed by atoms with Crippen molar-refractivity contribution < 1.29 is 18.8 Å². The molecule has 3 aromatic rings. The van der Waals surface area contributed by atoms with Crippen LogP contribution in [-0.4, -0.2) is 34.3 Å². The van der Waals surface area contributed by atoms with Crippen LogP contribution in [0.15, 0.2) is 63.8 Å². The molecule has 148 valence electrons. The third-order valence-electron chi connectivity index (χ3n) is 3.94. The normalized spacial score (nSPS) is 12.9. The molecule has 0 fully saturated rings. The molecule has 0 spiro atoms. The van der Waals surface area contributed by atoms with Gasteiger partial charge >= 0.3 is 0 Å². The van der Waals surface area contributed by atoms with Gasteiger partial charge in [-0.15, -0.1) is 11.3 Å². The number of thiophene rings is 1. The van der Waals surface area contributed by atoms with Crippen LogP contribution in [0.25, 0.3) is 10.3 Å². The molecule has 0 radical (unpaired) electrons. The Bertz CT molecular complexity index is 1100. The van der Waals surface area contributed by atoms with Crippen LogP contribution in [0.1, 0.15) is 5.56 Å². The van der Waals surface area contributed by atoms with Crippen LogP contribution < -0.4 is 16.8 Å². The number of hydrogen-bond acceptors (Lipinski definition) is 8. The van der Waals surface area contributed by atoms with E-state index >= 15 is 0 Å². The highest BCUT2D eigenvalue weighted by molar-refractivity contribution is 7.16. The van der Waals surface area contributed by atoms with Crippen LogP contribution in [0.3, 0.4) is 0 Å². The Hall–Kier alpha value is -3.79. The Labute approximate surface area is 169 Å². The fraction of sp³-hybridized carbons (Fsp3) is 0.105. The van der Waals surface area contributed by atoms with E-state index in [4.69, 9.17) is 15.9 Å². The van der Waals surface area contributed by atoms with Crippen molar-refractivity contribution >= 4 is 50.7 Å². The summed E-state index contributed by atoms with van der Waals surface area (Å²) in [6, 6.07) is 5.59. The lowest BCUT2D eigenvalue weighted by atomic mass is 10.0. The quantitative estimate of drug-likeness (QED) is 0.374. The average molecular weight is 411 g/mol. The topological polar surface area (TPSA) is 154 Å². The molecular weight excluding hydrogens is 394 g/mol. The first kappa shape index (κ1) is 20.0. The zero-order valence-corrected chi connectivity index (χ0v) is 15.9. The molecule has 0 saturated heterocycles. The van der Waals surface area contributed by atoms with Gasteiger partial charge in [0.05, 0.1) is 6.26 Å². The summed E-state index contributed by atoms with van der Waals surface area (Å²) in [4.78, 5) is 45.3. The monoisotopic (exact) mass is 411 g/mol. The number of hydrogen-bond donors (Lipinski definition) is 3. The Morgan fingerprint density at radius 3 is 2.83 bits per heavy atom. The standard InChI is InChI=1S/C19H17N5O4S/c20-6-4-13(23-15-3-1-2-7-22-15)18(27)24-14(16(25)17(21)26)9-11-10-29-19-12(11)5-8-28-19/h1-8,10,14H,9,20H2,(H2,21,26)(H,24,27)/b6-4-,23-13-. The number of carbonyl (C=O) groups is 3. The fourth-order valence-corrected chi connectivity index (χ4v) is 3.51. The van der Waals surface area contributed by atoms with Gasteiger partial charge in [0.15, 0.2) is 10.7 Å². The van der Waals surface area contributed by atoms with E-state index in [-0.39, 0.29) is 18.0 Å². The molecule has 0 aromatic carbocycles. The molecule has 5 N–H and O–H groups in total. The van der Waals surface area contributed by atoms with Gasteiger partial charge < -0.3 is 21.2 Å². The summed E-state index contributed by atoms with van der Waals surface area (Å²) in [5.74, 6) is -2.48. The van der Waals surface area contributed by atoms with E-state index in [1.165, 1.54) is 29.9 Å². The van der Waals surface area contributed by atoms with E-state index in [0.29, 0.717) is 4.90 Å². The highest BCUT2D eigenvalue weighted by Gasteiger charge is 2.27. The van der Waals surface area contributed by atoms with Crippen molar-refractivity contribution in [2.45, 2.75) is 12.5 Å². The number of Topliss-reactive ketones (excluding diaryl/α,β-unsaturated/α-hetero) is 1. The van der Waals surface area contributed by atoms with E-state index < -0.39 is 23.6 Å². The number of amides is 2. The third kappa shape index (κ3) is 4.74. The van der Waals surface area contributed by atoms with Gasteiger partial charge in [-0.1, -0.05) is 6.07 Å². The van der Waals surface area contributed by atoms with Gasteiger partial charge in [-0.05, 0) is 41.4 Å². The van der Waals surface area contributed by atoms with E-state index in [1.807, 2.05) is 0 Å². The molecule has 10 heteroatoms. The lowest BCUT2D eigenvalue weighted by molar-refractivity contribution is -0.137. The van der Waals surface area contributed by atoms with Gasteiger partial charge in [-0.25, -0.2) is 9.98 Å². The van der Waals surface area contributed by atoms with Crippen LogP contribution >= 0.6 is 11.3 Å². The van der Waals surface area contributed by atoms with E-state index in [1.54, 1.807) is 29.6 Å². The van der Waals surface area contributed by atoms with Crippen LogP contribution in [0.5, 0.6) is 0 Å². The third-order valence-corrected chi connectivity index (χ3v) is 4.88. The zero-order chi connectivity index (χ0) is 20.8. The second kappa shape index (κ2) is 8.93. The maximum absolute atomic E-state index is 12.7. The number of nitrogens with zero attached hydrogens (tertiary/aromatic N) is 2. The Morgan fingerprint density at radius 1 is 1.31 bits per heavy atom. The van der Waals surface area contributed by atoms with E-state index in [2.05, 4.69) is 15.3 Å². The number of aliphatic imine (C=N–C) groups is 1. The molecule has 1 unspecified atom stereocenters. The molecule has 0 aliphatic carbocycles. The highest BCUT2D eigenvalue weighted by Crippen LogP contribution is 2.27. The van der Waals surface area contributed by atoms with Crippen molar-refractivity contribution in [3.8, 4) is 0 Å². The second-order valence-corrected chi connectivity index (χ2v) is 6.73. The minimum atomic E-state index is -1.17. The summed E-state index contributed by atoms with van der Waals surface area (Å²) in [7, 11) is 0. The highest BCUT2D eigenvalue weighted by atomic mass is 32.1. The van der Waals surface area contributed by atoms with Gasteiger partial charge in [-0.2, -0.15) is 0 Å². The fourth-order valence-electron chi connectivity index (χ4n) is 2.60. The summed E-state index contributed by atoms with van der Waals surface area (Å²) in [5.41, 5.74) is 11.2. The van der Waals surface area contributed by atoms with Crippen molar-refractivity contribution in [1.82, 2.24) is 10.3 Å². The van der Waals surface area contributed by atoms with Crippen LogP contribution in [0.4, 0.5) is 5.82 Å². The van der Waals surface area contributed by atoms with Gasteiger partial charge in [0.1, 0.15) is 11.8 Å². The lowest BCUT2D eigenvalue weighted by Gasteiger charge is -2.16. The number of nitrogens with one attached hydrogen (secondary N) is 1. The molecule has 0 bridgehead atoms. The van der Waals surface area contributed by atoms with Gasteiger partial charge in [0, 0.05) is 18.0 Å². The molecule has 1 atom stereocenters. The Balaban J connectivity index is 1.86. The maximum Gasteiger partial charge on any atom is 0.287 e. The SMILES string of the molecule is N/C=C\C(=N\c1ccccn1)C(=O)NC(Cc1csc2occc12)C(=O)C(N)=O. The molecule has 2 amide bonds. The molecule has 3 heterocycles. The number of ketones is 1. The minimum Gasteiger partial charge on any atom is -0.454 e. The average Bonchev–Trinajstić information content (AvgIpc) is 3.32. The first-order valence-electron chi connectivity index (χ1n) is 8.45. The second-order valence-electron chi connectivity index (χ2n) is 5.89. The largest absolute Gasteiger partial charge is 0.454 e. The van der Waals surface area contributed by atoms with Crippen LogP contribution in [-0.2, 0) is 20.8 Å². The molecular formula is C19H17N5O4S. The number of fused-ring (bicyclic) bond motifs is 1. The Morgan fingerprint density at radius 2 is 2.14 bits per heavy atom. The van der Waals surface area contributed by atoms with E-state index in [0.717, 1.165) is 17.1 Å². The molecule has 0 aliphatic rings. The first-order valence-corrected chi connectivity index (χ1v) is 9.33. The number of pyridine rings is 1. The predicted molar refractivity (Wildman–Crippen MR) is 109 cm³/mol. The predicted octanol–water partition coefficient (Wildman–Crippen LogP) is 1.22. The van der Waals surface area contributed by atoms with E-state index in [9.17, 15) is 14.4 Å². The van der Waals surface area contributed by atoms with Crippen molar-refractivity contribution in [1.29, 1.82) is 0 Å². The van der Waals surface area contributed by atoms with Crippen LogP contribution in [0.2, 0.25) is 0 Å². The number of furan rings is 1. The number of rotatable bonds is 8. The van der Waals surface area contributed by atoms with Crippen molar-refractivity contribution in [3.05, 3.63) is 59.9 Å². The van der Waals surface area contributed by atoms with Crippen molar-refractivity contribution in [2.75, 3.05) is 0 Å². The van der Waals surface area contributed by atoms with Gasteiger partial charge in [-0.3, -0.25) is 14.4 Å². The maximum atomic E-state index is 12.7. The molecule has 0 aliphatic heterocycles. The lowest BCUT2D eigenvalue weighted by Crippen LogP contribution is -2.49. The van der Waals surface area contributed by atoms with Crippen molar-refractivity contribution in [3.63, 3.8) is 0 Å². The van der Waals surface area contributed by atoms with Gasteiger partial charge in [0.2, 0.25) is 5.78 Å². The molecule has 29 heavy (non-hydrogen) atoms. The molecule has 9 nitrogen and oxygen atoms in total. The summed E-state index contributed by atoms with van der Waals surface area (Å²) in [6.45, 7) is 0.